The Balaban J connectivity index is 1.73. The highest BCUT2D eigenvalue weighted by atomic mass is 16.2. The number of nitrogens with one attached hydrogen (secondary N) is 2. The maximum absolute atomic E-state index is 13.0. The van der Waals surface area contributed by atoms with E-state index in [4.69, 9.17) is 0 Å². The van der Waals surface area contributed by atoms with Crippen molar-refractivity contribution in [1.29, 1.82) is 0 Å². The van der Waals surface area contributed by atoms with Gasteiger partial charge < -0.3 is 14.7 Å². The van der Waals surface area contributed by atoms with E-state index in [9.17, 15) is 9.59 Å². The molecule has 0 unspecified atom stereocenters. The minimum atomic E-state index is -0.240. The van der Waals surface area contributed by atoms with Crippen LogP contribution in [0.3, 0.4) is 0 Å². The number of carbonyl (C=O) groups excluding carboxylic acids is 2. The Hall–Kier alpha value is -3.20. The summed E-state index contributed by atoms with van der Waals surface area (Å²) in [6, 6.07) is 7.13. The zero-order valence-corrected chi connectivity index (χ0v) is 19.4. The molecule has 1 saturated heterocycles. The van der Waals surface area contributed by atoms with Crippen molar-refractivity contribution in [3.8, 4) is 0 Å². The van der Waals surface area contributed by atoms with Crippen LogP contribution < -0.4 is 10.6 Å². The summed E-state index contributed by atoms with van der Waals surface area (Å²) in [5.41, 5.74) is 2.71. The van der Waals surface area contributed by atoms with Crippen LogP contribution in [-0.2, 0) is 6.54 Å². The molecule has 2 aromatic rings. The second-order valence-corrected chi connectivity index (χ2v) is 8.52. The van der Waals surface area contributed by atoms with Crippen LogP contribution in [-0.4, -0.2) is 77.0 Å². The fourth-order valence-corrected chi connectivity index (χ4v) is 3.56. The van der Waals surface area contributed by atoms with Crippen LogP contribution in [0.4, 0.5) is 21.2 Å². The summed E-state index contributed by atoms with van der Waals surface area (Å²) in [4.78, 5) is 39.8. The highest BCUT2D eigenvalue weighted by Gasteiger charge is 2.20. The van der Waals surface area contributed by atoms with Gasteiger partial charge in [-0.3, -0.25) is 10.6 Å². The van der Waals surface area contributed by atoms with E-state index in [-0.39, 0.29) is 12.1 Å². The van der Waals surface area contributed by atoms with Crippen LogP contribution >= 0.6 is 0 Å². The molecule has 2 N–H and O–H groups in total. The first kappa shape index (κ1) is 23.5. The zero-order valence-electron chi connectivity index (χ0n) is 19.4. The molecule has 32 heavy (non-hydrogen) atoms. The lowest BCUT2D eigenvalue weighted by Gasteiger charge is -2.25. The molecule has 0 bridgehead atoms. The van der Waals surface area contributed by atoms with Crippen LogP contribution in [0.2, 0.25) is 0 Å². The van der Waals surface area contributed by atoms with E-state index < -0.39 is 0 Å². The van der Waals surface area contributed by atoms with Gasteiger partial charge in [-0.05, 0) is 76.2 Å². The molecule has 9 heteroatoms. The maximum atomic E-state index is 13.0. The summed E-state index contributed by atoms with van der Waals surface area (Å²) >= 11 is 0. The predicted octanol–water partition coefficient (Wildman–Crippen LogP) is 3.32. The molecule has 0 atom stereocenters. The minimum Gasteiger partial charge on any atom is -0.324 e. The maximum Gasteiger partial charge on any atom is 0.323 e. The van der Waals surface area contributed by atoms with Crippen molar-refractivity contribution in [3.05, 3.63) is 47.3 Å². The number of aryl methyl sites for hydroxylation is 2. The van der Waals surface area contributed by atoms with Gasteiger partial charge in [0, 0.05) is 32.4 Å². The molecule has 3 heterocycles. The first-order valence-corrected chi connectivity index (χ1v) is 11.0. The first-order valence-electron chi connectivity index (χ1n) is 11.0. The van der Waals surface area contributed by atoms with Crippen LogP contribution in [0, 0.1) is 13.8 Å². The Labute approximate surface area is 189 Å². The van der Waals surface area contributed by atoms with E-state index >= 15 is 0 Å². The molecule has 9 nitrogen and oxygen atoms in total. The third-order valence-electron chi connectivity index (χ3n) is 5.26. The number of likely N-dealkylation sites (tertiary alicyclic amines) is 1. The second kappa shape index (κ2) is 10.9. The van der Waals surface area contributed by atoms with Crippen LogP contribution in [0.25, 0.3) is 0 Å². The number of aromatic nitrogens is 2. The van der Waals surface area contributed by atoms with Crippen molar-refractivity contribution < 1.29 is 9.59 Å². The zero-order chi connectivity index (χ0) is 23.1. The van der Waals surface area contributed by atoms with Gasteiger partial charge in [-0.1, -0.05) is 0 Å². The fourth-order valence-electron chi connectivity index (χ4n) is 3.56. The van der Waals surface area contributed by atoms with Crippen LogP contribution in [0.5, 0.6) is 0 Å². The van der Waals surface area contributed by atoms with Crippen molar-refractivity contribution in [1.82, 2.24) is 24.7 Å². The van der Waals surface area contributed by atoms with Gasteiger partial charge in [-0.2, -0.15) is 0 Å². The fraction of sp³-hybridized carbons (Fsp3) is 0.478. The summed E-state index contributed by atoms with van der Waals surface area (Å²) in [6.07, 6.45) is 3.74. The monoisotopic (exact) mass is 439 g/mol. The standard InChI is InChI=1S/C23H33N7O2/c1-17-7-8-24-20(14-17)26-23(32)30(12-11-28(3)4)16-19-13-18(2)15-21(25-19)27-22(31)29-9-5-6-10-29/h7-8,13-15H,5-6,9-12,16H2,1-4H3,(H,24,26,32)(H,25,27,31). The molecule has 0 radical (unpaired) electrons. The van der Waals surface area contributed by atoms with Crippen molar-refractivity contribution in [2.45, 2.75) is 33.2 Å². The number of nitrogens with zero attached hydrogens (tertiary/aromatic N) is 5. The van der Waals surface area contributed by atoms with Gasteiger partial charge in [-0.25, -0.2) is 19.6 Å². The van der Waals surface area contributed by atoms with Crippen molar-refractivity contribution in [2.24, 2.45) is 0 Å². The van der Waals surface area contributed by atoms with Gasteiger partial charge in [0.2, 0.25) is 0 Å². The Morgan fingerprint density at radius 1 is 1.00 bits per heavy atom. The normalized spacial score (nSPS) is 13.3. The van der Waals surface area contributed by atoms with Crippen LogP contribution in [0.1, 0.15) is 29.7 Å². The molecular weight excluding hydrogens is 406 g/mol. The number of amides is 4. The lowest BCUT2D eigenvalue weighted by molar-refractivity contribution is 0.201. The summed E-state index contributed by atoms with van der Waals surface area (Å²) in [7, 11) is 3.93. The SMILES string of the molecule is Cc1ccnc(NC(=O)N(CCN(C)C)Cc2cc(C)cc(NC(=O)N3CCCC3)n2)c1. The van der Waals surface area contributed by atoms with E-state index in [1.54, 1.807) is 16.0 Å². The third kappa shape index (κ3) is 6.91. The molecule has 172 valence electrons. The molecule has 0 saturated carbocycles. The Morgan fingerprint density at radius 3 is 2.41 bits per heavy atom. The Bertz CT molecular complexity index is 942. The van der Waals surface area contributed by atoms with Crippen molar-refractivity contribution >= 4 is 23.7 Å². The molecule has 0 aliphatic carbocycles. The first-order chi connectivity index (χ1) is 15.3. The summed E-state index contributed by atoms with van der Waals surface area (Å²) in [5, 5.41) is 5.78. The van der Waals surface area contributed by atoms with Crippen molar-refractivity contribution in [2.75, 3.05) is 50.9 Å². The van der Waals surface area contributed by atoms with E-state index in [1.165, 1.54) is 0 Å². The van der Waals surface area contributed by atoms with Crippen molar-refractivity contribution in [3.63, 3.8) is 0 Å². The van der Waals surface area contributed by atoms with Gasteiger partial charge in [-0.15, -0.1) is 0 Å². The van der Waals surface area contributed by atoms with Crippen LogP contribution in [0.15, 0.2) is 30.5 Å². The van der Waals surface area contributed by atoms with E-state index in [1.807, 2.05) is 57.1 Å². The second-order valence-electron chi connectivity index (χ2n) is 8.52. The number of anilines is 2. The molecule has 3 rings (SSSR count). The molecule has 0 aromatic carbocycles. The average molecular weight is 440 g/mol. The predicted molar refractivity (Wildman–Crippen MR) is 126 cm³/mol. The highest BCUT2D eigenvalue weighted by molar-refractivity contribution is 5.89. The Morgan fingerprint density at radius 2 is 1.72 bits per heavy atom. The number of urea groups is 2. The third-order valence-corrected chi connectivity index (χ3v) is 5.26. The summed E-state index contributed by atoms with van der Waals surface area (Å²) < 4.78 is 0. The molecule has 1 aliphatic heterocycles. The molecule has 1 fully saturated rings. The lowest BCUT2D eigenvalue weighted by Crippen LogP contribution is -2.39. The molecule has 2 aromatic heterocycles. The van der Waals surface area contributed by atoms with Gasteiger partial charge in [0.05, 0.1) is 12.2 Å². The molecular formula is C23H33N7O2. The number of likely N-dealkylation sites (N-methyl/N-ethyl adjacent to an activating group) is 1. The van der Waals surface area contributed by atoms with E-state index in [0.29, 0.717) is 37.0 Å². The minimum absolute atomic E-state index is 0.126. The average Bonchev–Trinajstić information content (AvgIpc) is 3.25. The number of rotatable bonds is 7. The largest absolute Gasteiger partial charge is 0.324 e. The summed E-state index contributed by atoms with van der Waals surface area (Å²) in [5.74, 6) is 1.02. The van der Waals surface area contributed by atoms with Gasteiger partial charge >= 0.3 is 12.1 Å². The smallest absolute Gasteiger partial charge is 0.323 e. The molecule has 0 spiro atoms. The summed E-state index contributed by atoms with van der Waals surface area (Å²) in [6.45, 7) is 7.01. The molecule has 4 amide bonds. The Kier molecular flexibility index (Phi) is 7.99. The quantitative estimate of drug-likeness (QED) is 0.690. The van der Waals surface area contributed by atoms with Gasteiger partial charge in [0.25, 0.3) is 0 Å². The lowest BCUT2D eigenvalue weighted by atomic mass is 10.2. The number of pyridine rings is 2. The number of hydrogen-bond acceptors (Lipinski definition) is 5. The number of carbonyl (C=O) groups is 2. The van der Waals surface area contributed by atoms with E-state index in [0.717, 1.165) is 37.1 Å². The van der Waals surface area contributed by atoms with E-state index in [2.05, 4.69) is 20.6 Å². The highest BCUT2D eigenvalue weighted by Crippen LogP contribution is 2.15. The topological polar surface area (TPSA) is 93.7 Å². The molecule has 1 aliphatic rings. The van der Waals surface area contributed by atoms with Gasteiger partial charge in [0.1, 0.15) is 11.6 Å². The number of hydrogen-bond donors (Lipinski definition) is 2. The van der Waals surface area contributed by atoms with Gasteiger partial charge in [0.15, 0.2) is 0 Å².